The molecule has 5 nitrogen and oxygen atoms in total. The largest absolute Gasteiger partial charge is 0.344 e. The Hall–Kier alpha value is -4.51. The molecule has 0 aliphatic rings. The minimum atomic E-state index is -0.327. The Morgan fingerprint density at radius 2 is 0.944 bits per heavy atom. The molecule has 0 saturated heterocycles. The molecule has 0 saturated carbocycles. The van der Waals surface area contributed by atoms with E-state index in [1.165, 1.54) is 0 Å². The van der Waals surface area contributed by atoms with E-state index < -0.39 is 0 Å². The number of carbonyl (C=O) groups excluding carboxylic acids is 2. The maximum absolute atomic E-state index is 13.0. The molecule has 1 heterocycles. The van der Waals surface area contributed by atoms with Crippen molar-refractivity contribution in [1.29, 1.82) is 0 Å². The second-order valence-electron chi connectivity index (χ2n) is 8.94. The van der Waals surface area contributed by atoms with Gasteiger partial charge in [-0.05, 0) is 58.7 Å². The smallest absolute Gasteiger partial charge is 0.270 e. The molecule has 2 atom stereocenters. The van der Waals surface area contributed by atoms with E-state index in [-0.39, 0.29) is 35.3 Å². The van der Waals surface area contributed by atoms with Crippen molar-refractivity contribution in [3.63, 3.8) is 0 Å². The van der Waals surface area contributed by atoms with Gasteiger partial charge in [-0.3, -0.25) is 9.59 Å². The Morgan fingerprint density at radius 3 is 1.42 bits per heavy atom. The monoisotopic (exact) mass is 473 g/mol. The number of benzene rings is 4. The molecule has 36 heavy (non-hydrogen) atoms. The number of fused-ring (bicyclic) bond motifs is 2. The number of nitrogens with zero attached hydrogens (tertiary/aromatic N) is 1. The van der Waals surface area contributed by atoms with Gasteiger partial charge in [-0.15, -0.1) is 0 Å². The highest BCUT2D eigenvalue weighted by atomic mass is 16.2. The van der Waals surface area contributed by atoms with E-state index in [1.54, 1.807) is 18.2 Å². The van der Waals surface area contributed by atoms with Crippen LogP contribution < -0.4 is 10.6 Å². The number of rotatable bonds is 6. The van der Waals surface area contributed by atoms with E-state index in [0.29, 0.717) is 0 Å². The zero-order valence-electron chi connectivity index (χ0n) is 20.2. The van der Waals surface area contributed by atoms with Gasteiger partial charge in [0.25, 0.3) is 11.8 Å². The fraction of sp³-hybridized carbons (Fsp3) is 0.129. The van der Waals surface area contributed by atoms with Crippen LogP contribution in [0.4, 0.5) is 0 Å². The van der Waals surface area contributed by atoms with Crippen molar-refractivity contribution in [3.8, 4) is 0 Å². The maximum Gasteiger partial charge on any atom is 0.270 e. The van der Waals surface area contributed by atoms with Gasteiger partial charge in [0, 0.05) is 0 Å². The van der Waals surface area contributed by atoms with Crippen LogP contribution in [0.15, 0.2) is 103 Å². The zero-order chi connectivity index (χ0) is 25.1. The van der Waals surface area contributed by atoms with Gasteiger partial charge in [0.2, 0.25) is 0 Å². The second kappa shape index (κ2) is 10.0. The van der Waals surface area contributed by atoms with Crippen LogP contribution in [0.5, 0.6) is 0 Å². The summed E-state index contributed by atoms with van der Waals surface area (Å²) in [5.41, 5.74) is 2.46. The van der Waals surface area contributed by atoms with Crippen molar-refractivity contribution in [3.05, 3.63) is 126 Å². The Kier molecular flexibility index (Phi) is 6.46. The van der Waals surface area contributed by atoms with E-state index in [4.69, 9.17) is 0 Å². The van der Waals surface area contributed by atoms with Crippen molar-refractivity contribution in [2.75, 3.05) is 0 Å². The lowest BCUT2D eigenvalue weighted by atomic mass is 9.99. The Bertz CT molecular complexity index is 1450. The average molecular weight is 474 g/mol. The third-order valence-electron chi connectivity index (χ3n) is 6.49. The predicted octanol–water partition coefficient (Wildman–Crippen LogP) is 6.37. The Labute approximate surface area is 210 Å². The fourth-order valence-corrected chi connectivity index (χ4v) is 4.64. The van der Waals surface area contributed by atoms with Gasteiger partial charge in [0.15, 0.2) is 0 Å². The third-order valence-corrected chi connectivity index (χ3v) is 6.49. The minimum Gasteiger partial charge on any atom is -0.344 e. The summed E-state index contributed by atoms with van der Waals surface area (Å²) in [4.78, 5) is 30.4. The van der Waals surface area contributed by atoms with Gasteiger partial charge in [-0.2, -0.15) is 0 Å². The second-order valence-corrected chi connectivity index (χ2v) is 8.94. The topological polar surface area (TPSA) is 71.1 Å². The lowest BCUT2D eigenvalue weighted by molar-refractivity contribution is 0.0931. The fourth-order valence-electron chi connectivity index (χ4n) is 4.64. The first-order chi connectivity index (χ1) is 17.5. The highest BCUT2D eigenvalue weighted by Gasteiger charge is 2.18. The van der Waals surface area contributed by atoms with E-state index >= 15 is 0 Å². The molecule has 2 amide bonds. The molecule has 0 bridgehead atoms. The van der Waals surface area contributed by atoms with Crippen LogP contribution >= 0.6 is 0 Å². The van der Waals surface area contributed by atoms with Gasteiger partial charge < -0.3 is 10.6 Å². The molecule has 0 spiro atoms. The van der Waals surface area contributed by atoms with E-state index in [9.17, 15) is 9.59 Å². The lowest BCUT2D eigenvalue weighted by Crippen LogP contribution is -2.30. The number of aromatic nitrogens is 1. The number of nitrogens with one attached hydrogen (secondary N) is 2. The standard InChI is InChI=1S/C31H27N3O2/c1-20(24-16-7-12-22-10-3-5-14-26(22)24)32-30(35)28-18-9-19-29(34-28)31(36)33-21(2)25-17-8-13-23-11-4-6-15-27(23)25/h3-21H,1-2H3,(H,32,35)(H,33,36). The molecule has 2 N–H and O–H groups in total. The number of carbonyl (C=O) groups is 2. The summed E-state index contributed by atoms with van der Waals surface area (Å²) in [6, 6.07) is 32.7. The molecule has 0 aliphatic carbocycles. The van der Waals surface area contributed by atoms with Gasteiger partial charge >= 0.3 is 0 Å². The number of amides is 2. The van der Waals surface area contributed by atoms with Gasteiger partial charge in [0.05, 0.1) is 12.1 Å². The van der Waals surface area contributed by atoms with Crippen LogP contribution in [0.25, 0.3) is 21.5 Å². The number of pyridine rings is 1. The molecule has 178 valence electrons. The summed E-state index contributed by atoms with van der Waals surface area (Å²) in [5.74, 6) is -0.653. The summed E-state index contributed by atoms with van der Waals surface area (Å²) in [6.45, 7) is 3.89. The van der Waals surface area contributed by atoms with Crippen molar-refractivity contribution >= 4 is 33.4 Å². The number of hydrogen-bond donors (Lipinski definition) is 2. The molecule has 0 fully saturated rings. The molecule has 2 unspecified atom stereocenters. The van der Waals surface area contributed by atoms with Crippen LogP contribution in [-0.2, 0) is 0 Å². The predicted molar refractivity (Wildman–Crippen MR) is 144 cm³/mol. The van der Waals surface area contributed by atoms with Crippen LogP contribution in [0.2, 0.25) is 0 Å². The Morgan fingerprint density at radius 1 is 0.556 bits per heavy atom. The molecular formula is C31H27N3O2. The molecule has 0 aliphatic heterocycles. The zero-order valence-corrected chi connectivity index (χ0v) is 20.2. The summed E-state index contributed by atoms with van der Waals surface area (Å²) < 4.78 is 0. The van der Waals surface area contributed by atoms with Gasteiger partial charge in [-0.25, -0.2) is 4.98 Å². The molecule has 5 rings (SSSR count). The molecule has 4 aromatic carbocycles. The van der Waals surface area contributed by atoms with Gasteiger partial charge in [0.1, 0.15) is 11.4 Å². The minimum absolute atomic E-state index is 0.201. The van der Waals surface area contributed by atoms with Crippen molar-refractivity contribution in [2.45, 2.75) is 25.9 Å². The van der Waals surface area contributed by atoms with Gasteiger partial charge in [-0.1, -0.05) is 91.0 Å². The summed E-state index contributed by atoms with van der Waals surface area (Å²) in [6.07, 6.45) is 0. The van der Waals surface area contributed by atoms with E-state index in [0.717, 1.165) is 32.7 Å². The van der Waals surface area contributed by atoms with Crippen LogP contribution in [0, 0.1) is 0 Å². The van der Waals surface area contributed by atoms with Crippen molar-refractivity contribution in [1.82, 2.24) is 15.6 Å². The molecular weight excluding hydrogens is 446 g/mol. The molecule has 1 aromatic heterocycles. The SMILES string of the molecule is CC(NC(=O)c1cccc(C(=O)NC(C)c2cccc3ccccc23)n1)c1cccc2ccccc12. The molecule has 5 aromatic rings. The van der Waals surface area contributed by atoms with E-state index in [2.05, 4.69) is 39.9 Å². The first kappa shape index (κ1) is 23.2. The summed E-state index contributed by atoms with van der Waals surface area (Å²) in [5, 5.41) is 10.5. The maximum atomic E-state index is 13.0. The highest BCUT2D eigenvalue weighted by molar-refractivity contribution is 5.97. The lowest BCUT2D eigenvalue weighted by Gasteiger charge is -2.18. The highest BCUT2D eigenvalue weighted by Crippen LogP contribution is 2.25. The van der Waals surface area contributed by atoms with Crippen molar-refractivity contribution in [2.24, 2.45) is 0 Å². The Balaban J connectivity index is 1.31. The normalized spacial score (nSPS) is 12.7. The van der Waals surface area contributed by atoms with Crippen molar-refractivity contribution < 1.29 is 9.59 Å². The summed E-state index contributed by atoms with van der Waals surface area (Å²) in [7, 11) is 0. The first-order valence-electron chi connectivity index (χ1n) is 12.1. The summed E-state index contributed by atoms with van der Waals surface area (Å²) >= 11 is 0. The first-order valence-corrected chi connectivity index (χ1v) is 12.1. The number of hydrogen-bond acceptors (Lipinski definition) is 3. The van der Waals surface area contributed by atoms with Crippen LogP contribution in [-0.4, -0.2) is 16.8 Å². The quantitative estimate of drug-likeness (QED) is 0.301. The van der Waals surface area contributed by atoms with Crippen LogP contribution in [0.1, 0.15) is 58.0 Å². The van der Waals surface area contributed by atoms with Crippen LogP contribution in [0.3, 0.4) is 0 Å². The molecule has 5 heteroatoms. The third kappa shape index (κ3) is 4.68. The average Bonchev–Trinajstić information content (AvgIpc) is 2.92. The molecule has 0 radical (unpaired) electrons. The van der Waals surface area contributed by atoms with E-state index in [1.807, 2.05) is 74.5 Å².